The van der Waals surface area contributed by atoms with Gasteiger partial charge in [-0.1, -0.05) is 50.8 Å². The van der Waals surface area contributed by atoms with Crippen LogP contribution < -0.4 is 9.47 Å². The molecule has 0 aromatic heterocycles. The van der Waals surface area contributed by atoms with E-state index < -0.39 is 0 Å². The van der Waals surface area contributed by atoms with Gasteiger partial charge in [-0.25, -0.2) is 0 Å². The van der Waals surface area contributed by atoms with Gasteiger partial charge in [0.15, 0.2) is 0 Å². The topological polar surface area (TPSA) is 18.5 Å². The fourth-order valence-corrected chi connectivity index (χ4v) is 3.91. The van der Waals surface area contributed by atoms with E-state index in [0.29, 0.717) is 5.92 Å². The van der Waals surface area contributed by atoms with Gasteiger partial charge in [-0.15, -0.1) is 0 Å². The predicted molar refractivity (Wildman–Crippen MR) is 104 cm³/mol. The lowest BCUT2D eigenvalue weighted by atomic mass is 9.90. The highest BCUT2D eigenvalue weighted by molar-refractivity contribution is 5.38. The minimum Gasteiger partial charge on any atom is -0.493 e. The van der Waals surface area contributed by atoms with Crippen LogP contribution in [-0.2, 0) is 0 Å². The van der Waals surface area contributed by atoms with E-state index >= 15 is 0 Å². The molecule has 2 atom stereocenters. The van der Waals surface area contributed by atoms with Crippen LogP contribution in [0.5, 0.6) is 11.5 Å². The largest absolute Gasteiger partial charge is 0.493 e. The van der Waals surface area contributed by atoms with Gasteiger partial charge in [0.25, 0.3) is 0 Å². The van der Waals surface area contributed by atoms with E-state index in [0.717, 1.165) is 35.7 Å². The van der Waals surface area contributed by atoms with E-state index in [4.69, 9.17) is 9.47 Å². The van der Waals surface area contributed by atoms with Crippen LogP contribution in [0.2, 0.25) is 0 Å². The standard InChI is InChI=1S/C21H26O2.C2H6/c1-15-10-11-21(20-13-19(15)20)23-18-9-5-8-17(12-18)22-14-16-6-3-2-4-7-16;1-2/h5,8-12,16,19-20H,2-4,6-7,13-14H2,1H3;1-2H3. The monoisotopic (exact) mass is 340 g/mol. The summed E-state index contributed by atoms with van der Waals surface area (Å²) in [4.78, 5) is 0. The molecule has 136 valence electrons. The molecule has 2 nitrogen and oxygen atoms in total. The molecule has 2 fully saturated rings. The molecule has 2 saturated carbocycles. The van der Waals surface area contributed by atoms with Gasteiger partial charge in [-0.3, -0.25) is 0 Å². The van der Waals surface area contributed by atoms with Crippen LogP contribution in [0.25, 0.3) is 0 Å². The van der Waals surface area contributed by atoms with Gasteiger partial charge in [0.1, 0.15) is 17.3 Å². The van der Waals surface area contributed by atoms with Crippen LogP contribution in [0.3, 0.4) is 0 Å². The third-order valence-corrected chi connectivity index (χ3v) is 5.50. The Labute approximate surface area is 152 Å². The smallest absolute Gasteiger partial charge is 0.130 e. The first kappa shape index (κ1) is 18.1. The minimum absolute atomic E-state index is 0.604. The maximum absolute atomic E-state index is 6.13. The van der Waals surface area contributed by atoms with Crippen LogP contribution in [0.4, 0.5) is 0 Å². The molecule has 2 unspecified atom stereocenters. The molecule has 3 aliphatic carbocycles. The van der Waals surface area contributed by atoms with E-state index in [1.807, 2.05) is 38.1 Å². The van der Waals surface area contributed by atoms with E-state index in [2.05, 4.69) is 19.1 Å². The molecule has 0 aliphatic heterocycles. The SMILES string of the molecule is CC.CC1=CC=C(Oc2cccc(OCC3CCCCC3)c2)C2CC12. The number of allylic oxidation sites excluding steroid dienone is 4. The minimum atomic E-state index is 0.604. The van der Waals surface area contributed by atoms with Crippen LogP contribution in [-0.4, -0.2) is 6.61 Å². The highest BCUT2D eigenvalue weighted by Gasteiger charge is 2.43. The number of benzene rings is 1. The quantitative estimate of drug-likeness (QED) is 0.606. The Morgan fingerprint density at radius 1 is 0.960 bits per heavy atom. The summed E-state index contributed by atoms with van der Waals surface area (Å²) in [5.74, 6) is 5.01. The van der Waals surface area contributed by atoms with Crippen molar-refractivity contribution in [3.63, 3.8) is 0 Å². The van der Waals surface area contributed by atoms with Crippen molar-refractivity contribution < 1.29 is 9.47 Å². The average Bonchev–Trinajstić information content (AvgIpc) is 3.47. The van der Waals surface area contributed by atoms with Crippen LogP contribution in [0, 0.1) is 17.8 Å². The fraction of sp³-hybridized carbons (Fsp3) is 0.565. The van der Waals surface area contributed by atoms with Gasteiger partial charge in [-0.2, -0.15) is 0 Å². The lowest BCUT2D eigenvalue weighted by molar-refractivity contribution is 0.208. The van der Waals surface area contributed by atoms with Gasteiger partial charge in [0, 0.05) is 12.0 Å². The number of rotatable bonds is 5. The molecule has 1 aromatic rings. The first-order valence-electron chi connectivity index (χ1n) is 10.1. The zero-order valence-corrected chi connectivity index (χ0v) is 16.0. The van der Waals surface area contributed by atoms with Crippen molar-refractivity contribution >= 4 is 0 Å². The molecule has 4 rings (SSSR count). The Bertz CT molecular complexity index is 623. The molecule has 0 spiro atoms. The summed E-state index contributed by atoms with van der Waals surface area (Å²) < 4.78 is 12.1. The summed E-state index contributed by atoms with van der Waals surface area (Å²) in [5, 5.41) is 0. The molecule has 3 aliphatic rings. The van der Waals surface area contributed by atoms with Crippen molar-refractivity contribution in [1.82, 2.24) is 0 Å². The van der Waals surface area contributed by atoms with Gasteiger partial charge in [0.2, 0.25) is 0 Å². The first-order valence-corrected chi connectivity index (χ1v) is 10.1. The second-order valence-corrected chi connectivity index (χ2v) is 7.32. The first-order chi connectivity index (χ1) is 12.3. The van der Waals surface area contributed by atoms with Crippen LogP contribution in [0.15, 0.2) is 47.7 Å². The zero-order chi connectivity index (χ0) is 17.6. The molecular weight excluding hydrogens is 308 g/mol. The summed E-state index contributed by atoms with van der Waals surface area (Å²) in [6.45, 7) is 7.07. The van der Waals surface area contributed by atoms with Crippen LogP contribution in [0.1, 0.15) is 59.3 Å². The molecule has 25 heavy (non-hydrogen) atoms. The molecule has 1 aromatic carbocycles. The molecule has 0 amide bonds. The summed E-state index contributed by atoms with van der Waals surface area (Å²) in [6.07, 6.45) is 12.3. The number of hydrogen-bond donors (Lipinski definition) is 0. The molecule has 0 heterocycles. The molecular formula is C23H32O2. The van der Waals surface area contributed by atoms with Gasteiger partial charge < -0.3 is 9.47 Å². The Balaban J connectivity index is 0.000000880. The fourth-order valence-electron chi connectivity index (χ4n) is 3.91. The van der Waals surface area contributed by atoms with Crippen LogP contribution >= 0.6 is 0 Å². The molecule has 0 bridgehead atoms. The Morgan fingerprint density at radius 2 is 1.72 bits per heavy atom. The lowest BCUT2D eigenvalue weighted by Crippen LogP contribution is -2.15. The molecule has 0 radical (unpaired) electrons. The van der Waals surface area contributed by atoms with Gasteiger partial charge in [0.05, 0.1) is 6.61 Å². The van der Waals surface area contributed by atoms with E-state index in [-0.39, 0.29) is 0 Å². The number of hydrogen-bond acceptors (Lipinski definition) is 2. The summed E-state index contributed by atoms with van der Waals surface area (Å²) >= 11 is 0. The third kappa shape index (κ3) is 4.68. The Kier molecular flexibility index (Phi) is 6.23. The zero-order valence-electron chi connectivity index (χ0n) is 16.0. The van der Waals surface area contributed by atoms with Crippen molar-refractivity contribution in [2.75, 3.05) is 6.61 Å². The average molecular weight is 341 g/mol. The van der Waals surface area contributed by atoms with Crippen molar-refractivity contribution in [3.8, 4) is 11.5 Å². The lowest BCUT2D eigenvalue weighted by Gasteiger charge is -2.21. The van der Waals surface area contributed by atoms with Gasteiger partial charge in [-0.05, 0) is 56.2 Å². The molecule has 0 N–H and O–H groups in total. The Morgan fingerprint density at radius 3 is 2.52 bits per heavy atom. The van der Waals surface area contributed by atoms with Crippen molar-refractivity contribution in [2.45, 2.75) is 59.3 Å². The van der Waals surface area contributed by atoms with Crippen molar-refractivity contribution in [2.24, 2.45) is 17.8 Å². The Hall–Kier alpha value is -1.70. The maximum atomic E-state index is 6.13. The van der Waals surface area contributed by atoms with Crippen molar-refractivity contribution in [3.05, 3.63) is 47.7 Å². The highest BCUT2D eigenvalue weighted by atomic mass is 16.5. The summed E-state index contributed by atoms with van der Waals surface area (Å²) in [6, 6.07) is 8.12. The van der Waals surface area contributed by atoms with Crippen molar-refractivity contribution in [1.29, 1.82) is 0 Å². The maximum Gasteiger partial charge on any atom is 0.130 e. The highest BCUT2D eigenvalue weighted by Crippen LogP contribution is 2.51. The van der Waals surface area contributed by atoms with E-state index in [1.165, 1.54) is 44.1 Å². The third-order valence-electron chi connectivity index (χ3n) is 5.50. The number of ether oxygens (including phenoxy) is 2. The van der Waals surface area contributed by atoms with E-state index in [9.17, 15) is 0 Å². The second-order valence-electron chi connectivity index (χ2n) is 7.32. The number of fused-ring (bicyclic) bond motifs is 1. The summed E-state index contributed by atoms with van der Waals surface area (Å²) in [5.41, 5.74) is 1.49. The molecule has 0 saturated heterocycles. The van der Waals surface area contributed by atoms with E-state index in [1.54, 1.807) is 0 Å². The molecule has 2 heteroatoms. The summed E-state index contributed by atoms with van der Waals surface area (Å²) in [7, 11) is 0. The second kappa shape index (κ2) is 8.60. The predicted octanol–water partition coefficient (Wildman–Crippen LogP) is 6.53. The van der Waals surface area contributed by atoms with Gasteiger partial charge >= 0.3 is 0 Å². The normalized spacial score (nSPS) is 24.9.